The fourth-order valence-electron chi connectivity index (χ4n) is 1.69. The number of oxime groups is 1. The SMILES string of the molecule is NC(=NO)C(CNCC1CCC(=O)N1)C(F)(F)F. The summed E-state index contributed by atoms with van der Waals surface area (Å²) in [6.07, 6.45) is -3.61. The molecule has 1 aliphatic heterocycles. The van der Waals surface area contributed by atoms with Crippen LogP contribution in [0.4, 0.5) is 13.2 Å². The molecule has 1 saturated heterocycles. The number of carbonyl (C=O) groups excluding carboxylic acids is 1. The third-order valence-electron chi connectivity index (χ3n) is 2.69. The monoisotopic (exact) mass is 268 g/mol. The lowest BCUT2D eigenvalue weighted by atomic mass is 10.1. The molecule has 1 aliphatic rings. The van der Waals surface area contributed by atoms with Gasteiger partial charge < -0.3 is 21.6 Å². The highest BCUT2D eigenvalue weighted by molar-refractivity contribution is 5.83. The normalized spacial score (nSPS) is 22.9. The summed E-state index contributed by atoms with van der Waals surface area (Å²) in [5, 5.41) is 15.9. The zero-order valence-electron chi connectivity index (χ0n) is 9.50. The number of nitrogens with two attached hydrogens (primary N) is 1. The van der Waals surface area contributed by atoms with E-state index in [4.69, 9.17) is 10.9 Å². The Labute approximate surface area is 101 Å². The Kier molecular flexibility index (Phi) is 4.76. The topological polar surface area (TPSA) is 99.7 Å². The van der Waals surface area contributed by atoms with Crippen molar-refractivity contribution in [3.8, 4) is 0 Å². The number of nitrogens with one attached hydrogen (secondary N) is 2. The first-order chi connectivity index (χ1) is 8.34. The Morgan fingerprint density at radius 3 is 2.78 bits per heavy atom. The molecule has 1 heterocycles. The first kappa shape index (κ1) is 14.6. The van der Waals surface area contributed by atoms with Crippen molar-refractivity contribution in [3.63, 3.8) is 0 Å². The molecule has 18 heavy (non-hydrogen) atoms. The smallest absolute Gasteiger partial charge is 0.400 e. The largest absolute Gasteiger partial charge is 0.409 e. The van der Waals surface area contributed by atoms with Gasteiger partial charge in [0.25, 0.3) is 0 Å². The van der Waals surface area contributed by atoms with Gasteiger partial charge in [-0.05, 0) is 6.42 Å². The molecule has 0 saturated carbocycles. The minimum Gasteiger partial charge on any atom is -0.409 e. The maximum Gasteiger partial charge on any atom is 0.400 e. The molecule has 0 radical (unpaired) electrons. The number of hydrogen-bond acceptors (Lipinski definition) is 4. The number of carbonyl (C=O) groups is 1. The van der Waals surface area contributed by atoms with Gasteiger partial charge in [0.15, 0.2) is 5.84 Å². The number of nitrogens with zero attached hydrogens (tertiary/aromatic N) is 1. The van der Waals surface area contributed by atoms with Crippen LogP contribution in [0, 0.1) is 5.92 Å². The molecular weight excluding hydrogens is 253 g/mol. The Morgan fingerprint density at radius 2 is 2.33 bits per heavy atom. The maximum absolute atomic E-state index is 12.5. The van der Waals surface area contributed by atoms with Crippen LogP contribution in [-0.4, -0.2) is 42.3 Å². The van der Waals surface area contributed by atoms with Crippen LogP contribution in [0.25, 0.3) is 0 Å². The van der Waals surface area contributed by atoms with E-state index in [1.165, 1.54) is 0 Å². The molecule has 1 rings (SSSR count). The first-order valence-electron chi connectivity index (χ1n) is 5.38. The Hall–Kier alpha value is -1.51. The summed E-state index contributed by atoms with van der Waals surface area (Å²) in [6, 6.07) is -0.168. The number of amides is 1. The van der Waals surface area contributed by atoms with E-state index in [-0.39, 0.29) is 18.5 Å². The summed E-state index contributed by atoms with van der Waals surface area (Å²) in [5.41, 5.74) is 4.99. The fourth-order valence-corrected chi connectivity index (χ4v) is 1.69. The maximum atomic E-state index is 12.5. The molecule has 0 aliphatic carbocycles. The van der Waals surface area contributed by atoms with Crippen LogP contribution in [0.15, 0.2) is 5.16 Å². The lowest BCUT2D eigenvalue weighted by Crippen LogP contribution is -2.45. The molecule has 104 valence electrons. The van der Waals surface area contributed by atoms with Gasteiger partial charge in [-0.15, -0.1) is 0 Å². The molecular formula is C9H15F3N4O2. The molecule has 6 nitrogen and oxygen atoms in total. The van der Waals surface area contributed by atoms with Gasteiger partial charge in [0, 0.05) is 25.6 Å². The number of amidine groups is 1. The van der Waals surface area contributed by atoms with E-state index in [0.717, 1.165) is 0 Å². The van der Waals surface area contributed by atoms with Gasteiger partial charge in [-0.3, -0.25) is 4.79 Å². The summed E-state index contributed by atoms with van der Waals surface area (Å²) in [5.74, 6) is -3.03. The van der Waals surface area contributed by atoms with Crippen molar-refractivity contribution in [1.29, 1.82) is 0 Å². The zero-order valence-corrected chi connectivity index (χ0v) is 9.50. The van der Waals surface area contributed by atoms with E-state index in [9.17, 15) is 18.0 Å². The zero-order chi connectivity index (χ0) is 13.8. The second kappa shape index (κ2) is 5.89. The van der Waals surface area contributed by atoms with Crippen LogP contribution < -0.4 is 16.4 Å². The van der Waals surface area contributed by atoms with Crippen molar-refractivity contribution < 1.29 is 23.2 Å². The van der Waals surface area contributed by atoms with E-state index < -0.39 is 24.5 Å². The molecule has 0 aromatic rings. The van der Waals surface area contributed by atoms with E-state index in [0.29, 0.717) is 12.8 Å². The fraction of sp³-hybridized carbons (Fsp3) is 0.778. The van der Waals surface area contributed by atoms with Crippen molar-refractivity contribution in [2.24, 2.45) is 16.8 Å². The molecule has 0 spiro atoms. The summed E-state index contributed by atoms with van der Waals surface area (Å²) in [4.78, 5) is 10.9. The summed E-state index contributed by atoms with van der Waals surface area (Å²) < 4.78 is 37.6. The lowest BCUT2D eigenvalue weighted by Gasteiger charge is -2.20. The molecule has 0 aromatic carbocycles. The van der Waals surface area contributed by atoms with Gasteiger partial charge >= 0.3 is 6.18 Å². The number of hydrogen-bond donors (Lipinski definition) is 4. The highest BCUT2D eigenvalue weighted by atomic mass is 19.4. The summed E-state index contributed by atoms with van der Waals surface area (Å²) in [6.45, 7) is -0.275. The Bertz CT molecular complexity index is 332. The molecule has 0 bridgehead atoms. The van der Waals surface area contributed by atoms with Crippen molar-refractivity contribution in [3.05, 3.63) is 0 Å². The van der Waals surface area contributed by atoms with Crippen molar-refractivity contribution in [2.75, 3.05) is 13.1 Å². The van der Waals surface area contributed by atoms with Crippen LogP contribution in [-0.2, 0) is 4.79 Å². The average Bonchev–Trinajstić information content (AvgIpc) is 2.68. The molecule has 2 atom stereocenters. The van der Waals surface area contributed by atoms with E-state index in [1.54, 1.807) is 0 Å². The predicted molar refractivity (Wildman–Crippen MR) is 57.0 cm³/mol. The van der Waals surface area contributed by atoms with E-state index >= 15 is 0 Å². The van der Waals surface area contributed by atoms with Crippen LogP contribution in [0.1, 0.15) is 12.8 Å². The molecule has 0 aromatic heterocycles. The third kappa shape index (κ3) is 4.06. The van der Waals surface area contributed by atoms with Gasteiger partial charge in [-0.25, -0.2) is 0 Å². The Balaban J connectivity index is 2.41. The van der Waals surface area contributed by atoms with Crippen LogP contribution in [0.5, 0.6) is 0 Å². The number of rotatable bonds is 5. The predicted octanol–water partition coefficient (Wildman–Crippen LogP) is -0.221. The lowest BCUT2D eigenvalue weighted by molar-refractivity contribution is -0.154. The van der Waals surface area contributed by atoms with Crippen molar-refractivity contribution >= 4 is 11.7 Å². The van der Waals surface area contributed by atoms with Gasteiger partial charge in [-0.2, -0.15) is 13.2 Å². The average molecular weight is 268 g/mol. The second-order valence-corrected chi connectivity index (χ2v) is 4.08. The summed E-state index contributed by atoms with van der Waals surface area (Å²) >= 11 is 0. The van der Waals surface area contributed by atoms with Gasteiger partial charge in [0.05, 0.1) is 0 Å². The van der Waals surface area contributed by atoms with Gasteiger partial charge in [0.1, 0.15) is 5.92 Å². The summed E-state index contributed by atoms with van der Waals surface area (Å²) in [7, 11) is 0. The first-order valence-corrected chi connectivity index (χ1v) is 5.38. The van der Waals surface area contributed by atoms with Gasteiger partial charge in [-0.1, -0.05) is 5.16 Å². The van der Waals surface area contributed by atoms with Crippen LogP contribution in [0.3, 0.4) is 0 Å². The van der Waals surface area contributed by atoms with Crippen molar-refractivity contribution in [1.82, 2.24) is 10.6 Å². The minimum absolute atomic E-state index is 0.106. The van der Waals surface area contributed by atoms with E-state index in [2.05, 4.69) is 15.8 Å². The van der Waals surface area contributed by atoms with Crippen LogP contribution >= 0.6 is 0 Å². The quantitative estimate of drug-likeness (QED) is 0.240. The van der Waals surface area contributed by atoms with Gasteiger partial charge in [0.2, 0.25) is 5.91 Å². The molecule has 1 amide bonds. The molecule has 2 unspecified atom stereocenters. The Morgan fingerprint density at radius 1 is 1.67 bits per heavy atom. The number of halogens is 3. The number of alkyl halides is 3. The molecule has 9 heteroatoms. The standard InChI is InChI=1S/C9H15F3N4O2/c10-9(11,12)6(8(13)16-18)4-14-3-5-1-2-7(17)15-5/h5-6,14,18H,1-4H2,(H2,13,16)(H,15,17). The van der Waals surface area contributed by atoms with E-state index in [1.807, 2.05) is 0 Å². The molecule has 5 N–H and O–H groups in total. The minimum atomic E-state index is -4.58. The van der Waals surface area contributed by atoms with Crippen LogP contribution in [0.2, 0.25) is 0 Å². The van der Waals surface area contributed by atoms with Crippen molar-refractivity contribution in [2.45, 2.75) is 25.1 Å². The second-order valence-electron chi connectivity index (χ2n) is 4.08. The highest BCUT2D eigenvalue weighted by Gasteiger charge is 2.42. The highest BCUT2D eigenvalue weighted by Crippen LogP contribution is 2.25. The third-order valence-corrected chi connectivity index (χ3v) is 2.69. The molecule has 1 fully saturated rings.